The highest BCUT2D eigenvalue weighted by molar-refractivity contribution is 14.1. The number of hydrogen-bond acceptors (Lipinski definition) is 1. The van der Waals surface area contributed by atoms with Gasteiger partial charge in [-0.05, 0) is 71.9 Å². The van der Waals surface area contributed by atoms with Gasteiger partial charge in [-0.2, -0.15) is 0 Å². The molecule has 0 radical (unpaired) electrons. The van der Waals surface area contributed by atoms with Crippen molar-refractivity contribution in [2.45, 2.75) is 39.2 Å². The van der Waals surface area contributed by atoms with Crippen LogP contribution in [0, 0.1) is 21.3 Å². The third-order valence-electron chi connectivity index (χ3n) is 4.66. The van der Waals surface area contributed by atoms with Crippen molar-refractivity contribution in [2.75, 3.05) is 7.05 Å². The fourth-order valence-corrected chi connectivity index (χ4v) is 3.99. The molecule has 0 spiro atoms. The van der Waals surface area contributed by atoms with Crippen molar-refractivity contribution < 1.29 is 0 Å². The molecule has 1 N–H and O–H groups in total. The van der Waals surface area contributed by atoms with Crippen molar-refractivity contribution in [1.29, 1.82) is 0 Å². The van der Waals surface area contributed by atoms with E-state index in [-0.39, 0.29) is 0 Å². The smallest absolute Gasteiger partial charge is 0.0356 e. The summed E-state index contributed by atoms with van der Waals surface area (Å²) < 4.78 is 1.39. The zero-order valence-corrected chi connectivity index (χ0v) is 13.8. The number of halogens is 1. The molecule has 2 rings (SSSR count). The van der Waals surface area contributed by atoms with E-state index in [1.165, 1.54) is 28.4 Å². The Labute approximate surface area is 125 Å². The summed E-state index contributed by atoms with van der Waals surface area (Å²) in [5.74, 6) is 2.55. The van der Waals surface area contributed by atoms with Gasteiger partial charge >= 0.3 is 0 Å². The Morgan fingerprint density at radius 3 is 2.50 bits per heavy atom. The molecule has 0 amide bonds. The highest BCUT2D eigenvalue weighted by Crippen LogP contribution is 2.40. The first-order valence-corrected chi connectivity index (χ1v) is 8.13. The summed E-state index contributed by atoms with van der Waals surface area (Å²) in [6.45, 7) is 4.82. The first-order valence-electron chi connectivity index (χ1n) is 7.05. The van der Waals surface area contributed by atoms with Crippen molar-refractivity contribution in [2.24, 2.45) is 17.8 Å². The average Bonchev–Trinajstić information content (AvgIpc) is 2.37. The van der Waals surface area contributed by atoms with Gasteiger partial charge in [0.15, 0.2) is 0 Å². The SMILES string of the molecule is CNC(c1ccccc1I)C1CCC(C)C(C)C1. The average molecular weight is 357 g/mol. The molecule has 0 saturated heterocycles. The fourth-order valence-electron chi connectivity index (χ4n) is 3.26. The lowest BCUT2D eigenvalue weighted by Crippen LogP contribution is -2.31. The summed E-state index contributed by atoms with van der Waals surface area (Å²) in [7, 11) is 2.11. The van der Waals surface area contributed by atoms with E-state index >= 15 is 0 Å². The lowest BCUT2D eigenvalue weighted by atomic mass is 9.72. The van der Waals surface area contributed by atoms with Crippen LogP contribution in [-0.4, -0.2) is 7.05 Å². The molecule has 1 aliphatic rings. The maximum Gasteiger partial charge on any atom is 0.0356 e. The van der Waals surface area contributed by atoms with Crippen LogP contribution in [0.15, 0.2) is 24.3 Å². The van der Waals surface area contributed by atoms with Crippen LogP contribution in [0.25, 0.3) is 0 Å². The van der Waals surface area contributed by atoms with Crippen molar-refractivity contribution in [3.8, 4) is 0 Å². The van der Waals surface area contributed by atoms with Gasteiger partial charge in [-0.3, -0.25) is 0 Å². The van der Waals surface area contributed by atoms with E-state index in [1.807, 2.05) is 0 Å². The Balaban J connectivity index is 2.17. The lowest BCUT2D eigenvalue weighted by Gasteiger charge is -2.37. The molecule has 1 aliphatic carbocycles. The molecule has 0 aliphatic heterocycles. The molecule has 4 unspecified atom stereocenters. The minimum absolute atomic E-state index is 0.521. The Hall–Kier alpha value is -0.0900. The van der Waals surface area contributed by atoms with Crippen LogP contribution < -0.4 is 5.32 Å². The second-order valence-corrected chi connectivity index (χ2v) is 6.98. The Kier molecular flexibility index (Phi) is 5.07. The molecule has 4 atom stereocenters. The van der Waals surface area contributed by atoms with E-state index in [0.717, 1.165) is 17.8 Å². The third kappa shape index (κ3) is 3.08. The standard InChI is InChI=1S/C16H24IN/c1-11-8-9-13(10-12(11)2)16(18-3)14-6-4-5-7-15(14)17/h4-7,11-13,16,18H,8-10H2,1-3H3. The summed E-state index contributed by atoms with van der Waals surface area (Å²) in [6.07, 6.45) is 4.10. The second-order valence-electron chi connectivity index (χ2n) is 5.82. The minimum atomic E-state index is 0.521. The number of rotatable bonds is 3. The molecule has 1 nitrogen and oxygen atoms in total. The molecule has 0 aromatic heterocycles. The summed E-state index contributed by atoms with van der Waals surface area (Å²) in [5, 5.41) is 3.56. The summed E-state index contributed by atoms with van der Waals surface area (Å²) in [5.41, 5.74) is 1.48. The summed E-state index contributed by atoms with van der Waals surface area (Å²) >= 11 is 2.46. The van der Waals surface area contributed by atoms with Crippen LogP contribution in [0.4, 0.5) is 0 Å². The van der Waals surface area contributed by atoms with Gasteiger partial charge in [0.1, 0.15) is 0 Å². The van der Waals surface area contributed by atoms with Crippen LogP contribution in [0.3, 0.4) is 0 Å². The number of benzene rings is 1. The van der Waals surface area contributed by atoms with Crippen molar-refractivity contribution in [1.82, 2.24) is 5.32 Å². The Morgan fingerprint density at radius 1 is 1.17 bits per heavy atom. The Morgan fingerprint density at radius 2 is 1.89 bits per heavy atom. The lowest BCUT2D eigenvalue weighted by molar-refractivity contribution is 0.174. The molecular weight excluding hydrogens is 333 g/mol. The maximum atomic E-state index is 3.56. The molecule has 1 aromatic rings. The number of nitrogens with one attached hydrogen (secondary N) is 1. The molecule has 1 saturated carbocycles. The third-order valence-corrected chi connectivity index (χ3v) is 5.64. The summed E-state index contributed by atoms with van der Waals surface area (Å²) in [6, 6.07) is 9.31. The molecule has 0 bridgehead atoms. The first kappa shape index (κ1) is 14.3. The predicted octanol–water partition coefficient (Wildman–Crippen LogP) is 4.62. The van der Waals surface area contributed by atoms with E-state index in [1.54, 1.807) is 0 Å². The van der Waals surface area contributed by atoms with E-state index in [9.17, 15) is 0 Å². The molecule has 100 valence electrons. The van der Waals surface area contributed by atoms with E-state index in [2.05, 4.69) is 73.1 Å². The van der Waals surface area contributed by atoms with E-state index < -0.39 is 0 Å². The van der Waals surface area contributed by atoms with Crippen LogP contribution in [0.1, 0.15) is 44.7 Å². The number of hydrogen-bond donors (Lipinski definition) is 1. The van der Waals surface area contributed by atoms with Crippen molar-refractivity contribution in [3.05, 3.63) is 33.4 Å². The van der Waals surface area contributed by atoms with Gasteiger partial charge in [-0.25, -0.2) is 0 Å². The van der Waals surface area contributed by atoms with Crippen LogP contribution >= 0.6 is 22.6 Å². The monoisotopic (exact) mass is 357 g/mol. The normalized spacial score (nSPS) is 30.1. The molecule has 1 fully saturated rings. The quantitative estimate of drug-likeness (QED) is 0.778. The first-order chi connectivity index (χ1) is 8.63. The van der Waals surface area contributed by atoms with Gasteiger partial charge in [0.05, 0.1) is 0 Å². The van der Waals surface area contributed by atoms with Gasteiger partial charge in [-0.15, -0.1) is 0 Å². The highest BCUT2D eigenvalue weighted by atomic mass is 127. The minimum Gasteiger partial charge on any atom is -0.313 e. The van der Waals surface area contributed by atoms with Crippen molar-refractivity contribution >= 4 is 22.6 Å². The topological polar surface area (TPSA) is 12.0 Å². The van der Waals surface area contributed by atoms with Crippen LogP contribution in [0.5, 0.6) is 0 Å². The highest BCUT2D eigenvalue weighted by Gasteiger charge is 2.30. The van der Waals surface area contributed by atoms with Gasteiger partial charge in [0, 0.05) is 9.61 Å². The fraction of sp³-hybridized carbons (Fsp3) is 0.625. The molecule has 2 heteroatoms. The van der Waals surface area contributed by atoms with Gasteiger partial charge in [0.2, 0.25) is 0 Å². The van der Waals surface area contributed by atoms with Gasteiger partial charge in [0.25, 0.3) is 0 Å². The Bertz CT molecular complexity index is 390. The zero-order valence-electron chi connectivity index (χ0n) is 11.6. The second kappa shape index (κ2) is 6.38. The van der Waals surface area contributed by atoms with E-state index in [4.69, 9.17) is 0 Å². The largest absolute Gasteiger partial charge is 0.313 e. The molecule has 0 heterocycles. The van der Waals surface area contributed by atoms with Crippen molar-refractivity contribution in [3.63, 3.8) is 0 Å². The summed E-state index contributed by atoms with van der Waals surface area (Å²) in [4.78, 5) is 0. The molecule has 1 aromatic carbocycles. The van der Waals surface area contributed by atoms with Gasteiger partial charge < -0.3 is 5.32 Å². The maximum absolute atomic E-state index is 3.56. The van der Waals surface area contributed by atoms with Gasteiger partial charge in [-0.1, -0.05) is 38.5 Å². The predicted molar refractivity (Wildman–Crippen MR) is 86.6 cm³/mol. The van der Waals surface area contributed by atoms with Crippen LogP contribution in [0.2, 0.25) is 0 Å². The van der Waals surface area contributed by atoms with Crippen LogP contribution in [-0.2, 0) is 0 Å². The molecule has 18 heavy (non-hydrogen) atoms. The zero-order chi connectivity index (χ0) is 13.1. The molecular formula is C16H24IN. The van der Waals surface area contributed by atoms with E-state index in [0.29, 0.717) is 6.04 Å².